The van der Waals surface area contributed by atoms with Crippen LogP contribution in [0.3, 0.4) is 0 Å². The van der Waals surface area contributed by atoms with Crippen LogP contribution in [0.5, 0.6) is 0 Å². The number of piperazine rings is 1. The molecule has 0 amide bonds. The van der Waals surface area contributed by atoms with Crippen molar-refractivity contribution >= 4 is 11.8 Å². The molecule has 0 radical (unpaired) electrons. The van der Waals surface area contributed by atoms with Gasteiger partial charge in [-0.2, -0.15) is 4.98 Å². The largest absolute Gasteiger partial charge is 0.334 e. The van der Waals surface area contributed by atoms with Crippen LogP contribution in [0.25, 0.3) is 11.5 Å². The Balaban J connectivity index is 1.81. The first-order valence-corrected chi connectivity index (χ1v) is 7.89. The molecule has 1 fully saturated rings. The molecule has 0 aliphatic carbocycles. The quantitative estimate of drug-likeness (QED) is 0.873. The Labute approximate surface area is 122 Å². The second kappa shape index (κ2) is 5.95. The second-order valence-electron chi connectivity index (χ2n) is 4.89. The average molecular weight is 290 g/mol. The monoisotopic (exact) mass is 290 g/mol. The molecular formula is C14H18N4OS. The van der Waals surface area contributed by atoms with Crippen molar-refractivity contribution in [2.75, 3.05) is 32.9 Å². The lowest BCUT2D eigenvalue weighted by atomic mass is 10.2. The fourth-order valence-corrected chi connectivity index (χ4v) is 2.72. The molecule has 1 aromatic carbocycles. The van der Waals surface area contributed by atoms with Crippen LogP contribution in [0.15, 0.2) is 33.7 Å². The highest BCUT2D eigenvalue weighted by molar-refractivity contribution is 7.98. The van der Waals surface area contributed by atoms with E-state index >= 15 is 0 Å². The number of thioether (sulfide) groups is 1. The molecular weight excluding hydrogens is 272 g/mol. The van der Waals surface area contributed by atoms with E-state index in [4.69, 9.17) is 4.52 Å². The second-order valence-corrected chi connectivity index (χ2v) is 5.77. The summed E-state index contributed by atoms with van der Waals surface area (Å²) in [5, 5.41) is 7.50. The molecule has 5 nitrogen and oxygen atoms in total. The minimum absolute atomic E-state index is 0.187. The van der Waals surface area contributed by atoms with Gasteiger partial charge in [0.1, 0.15) is 0 Å². The number of likely N-dealkylation sites (N-methyl/N-ethyl adjacent to an activating group) is 1. The Bertz CT molecular complexity index is 569. The van der Waals surface area contributed by atoms with Crippen LogP contribution in [-0.4, -0.2) is 48.0 Å². The molecule has 1 unspecified atom stereocenters. The van der Waals surface area contributed by atoms with Crippen LogP contribution in [0.4, 0.5) is 0 Å². The van der Waals surface area contributed by atoms with Crippen molar-refractivity contribution in [3.8, 4) is 11.5 Å². The molecule has 0 spiro atoms. The zero-order valence-corrected chi connectivity index (χ0v) is 12.5. The van der Waals surface area contributed by atoms with Crippen LogP contribution < -0.4 is 5.32 Å². The molecule has 1 aliphatic heterocycles. The molecule has 0 saturated carbocycles. The van der Waals surface area contributed by atoms with E-state index in [1.165, 1.54) is 4.90 Å². The van der Waals surface area contributed by atoms with Crippen molar-refractivity contribution in [2.45, 2.75) is 10.9 Å². The van der Waals surface area contributed by atoms with E-state index < -0.39 is 0 Å². The first kappa shape index (κ1) is 13.6. The standard InChI is InChI=1S/C14H18N4OS/c1-18-8-7-15-9-12(18)13-16-14(19-17-13)10-3-5-11(20-2)6-4-10/h3-6,12,15H,7-9H2,1-2H3. The number of rotatable bonds is 3. The molecule has 3 rings (SSSR count). The van der Waals surface area contributed by atoms with Crippen molar-refractivity contribution in [3.05, 3.63) is 30.1 Å². The topological polar surface area (TPSA) is 54.2 Å². The number of nitrogens with one attached hydrogen (secondary N) is 1. The molecule has 1 N–H and O–H groups in total. The maximum Gasteiger partial charge on any atom is 0.257 e. The van der Waals surface area contributed by atoms with E-state index in [0.29, 0.717) is 5.89 Å². The Kier molecular flexibility index (Phi) is 4.05. The van der Waals surface area contributed by atoms with E-state index in [-0.39, 0.29) is 6.04 Å². The zero-order chi connectivity index (χ0) is 13.9. The number of aromatic nitrogens is 2. The Morgan fingerprint density at radius 2 is 2.15 bits per heavy atom. The van der Waals surface area contributed by atoms with Crippen LogP contribution in [0.2, 0.25) is 0 Å². The van der Waals surface area contributed by atoms with E-state index in [1.54, 1.807) is 11.8 Å². The van der Waals surface area contributed by atoms with Gasteiger partial charge in [-0.15, -0.1) is 11.8 Å². The lowest BCUT2D eigenvalue weighted by Crippen LogP contribution is -2.44. The smallest absolute Gasteiger partial charge is 0.257 e. The van der Waals surface area contributed by atoms with Crippen LogP contribution in [0.1, 0.15) is 11.9 Å². The van der Waals surface area contributed by atoms with Crippen LogP contribution in [-0.2, 0) is 0 Å². The number of benzene rings is 1. The lowest BCUT2D eigenvalue weighted by molar-refractivity contribution is 0.190. The first-order valence-electron chi connectivity index (χ1n) is 6.67. The van der Waals surface area contributed by atoms with Gasteiger partial charge in [-0.3, -0.25) is 4.90 Å². The molecule has 2 aromatic rings. The number of nitrogens with zero attached hydrogens (tertiary/aromatic N) is 3. The maximum atomic E-state index is 5.40. The van der Waals surface area contributed by atoms with Gasteiger partial charge in [0, 0.05) is 30.1 Å². The molecule has 1 aliphatic rings. The van der Waals surface area contributed by atoms with Gasteiger partial charge in [0.25, 0.3) is 5.89 Å². The van der Waals surface area contributed by atoms with Gasteiger partial charge in [-0.25, -0.2) is 0 Å². The summed E-state index contributed by atoms with van der Waals surface area (Å²) in [6, 6.07) is 8.36. The average Bonchev–Trinajstić information content (AvgIpc) is 2.97. The summed E-state index contributed by atoms with van der Waals surface area (Å²) in [5.41, 5.74) is 0.966. The van der Waals surface area contributed by atoms with Crippen molar-refractivity contribution in [1.29, 1.82) is 0 Å². The minimum Gasteiger partial charge on any atom is -0.334 e. The maximum absolute atomic E-state index is 5.40. The third-order valence-corrected chi connectivity index (χ3v) is 4.33. The Morgan fingerprint density at radius 3 is 2.85 bits per heavy atom. The van der Waals surface area contributed by atoms with E-state index in [9.17, 15) is 0 Å². The predicted molar refractivity (Wildman–Crippen MR) is 79.8 cm³/mol. The Morgan fingerprint density at radius 1 is 1.35 bits per heavy atom. The van der Waals surface area contributed by atoms with Crippen molar-refractivity contribution < 1.29 is 4.52 Å². The molecule has 0 bridgehead atoms. The molecule has 6 heteroatoms. The summed E-state index contributed by atoms with van der Waals surface area (Å²) in [6.07, 6.45) is 2.06. The Hall–Kier alpha value is -1.37. The van der Waals surface area contributed by atoms with Crippen LogP contribution >= 0.6 is 11.8 Å². The van der Waals surface area contributed by atoms with Crippen LogP contribution in [0, 0.1) is 0 Å². The van der Waals surface area contributed by atoms with Crippen molar-refractivity contribution in [1.82, 2.24) is 20.4 Å². The zero-order valence-electron chi connectivity index (χ0n) is 11.7. The summed E-state index contributed by atoms with van der Waals surface area (Å²) >= 11 is 1.72. The fraction of sp³-hybridized carbons (Fsp3) is 0.429. The van der Waals surface area contributed by atoms with Gasteiger partial charge in [-0.05, 0) is 37.6 Å². The lowest BCUT2D eigenvalue weighted by Gasteiger charge is -2.30. The van der Waals surface area contributed by atoms with Crippen molar-refractivity contribution in [3.63, 3.8) is 0 Å². The third kappa shape index (κ3) is 2.72. The van der Waals surface area contributed by atoms with Crippen molar-refractivity contribution in [2.24, 2.45) is 0 Å². The normalized spacial score (nSPS) is 20.2. The van der Waals surface area contributed by atoms with Gasteiger partial charge in [-0.1, -0.05) is 5.16 Å². The summed E-state index contributed by atoms with van der Waals surface area (Å²) in [5.74, 6) is 1.34. The van der Waals surface area contributed by atoms with E-state index in [1.807, 2.05) is 12.1 Å². The van der Waals surface area contributed by atoms with Gasteiger partial charge in [0.15, 0.2) is 5.82 Å². The van der Waals surface area contributed by atoms with Gasteiger partial charge in [0.2, 0.25) is 0 Å². The SMILES string of the molecule is CSc1ccc(-c2nc(C3CNCCN3C)no2)cc1. The predicted octanol–water partition coefficient (Wildman–Crippen LogP) is 2.03. The van der Waals surface area contributed by atoms with Gasteiger partial charge >= 0.3 is 0 Å². The van der Waals surface area contributed by atoms with E-state index in [2.05, 4.69) is 45.8 Å². The first-order chi connectivity index (χ1) is 9.78. The highest BCUT2D eigenvalue weighted by Crippen LogP contribution is 2.24. The molecule has 2 heterocycles. The van der Waals surface area contributed by atoms with Gasteiger partial charge in [0.05, 0.1) is 6.04 Å². The molecule has 20 heavy (non-hydrogen) atoms. The fourth-order valence-electron chi connectivity index (χ4n) is 2.32. The highest BCUT2D eigenvalue weighted by Gasteiger charge is 2.25. The summed E-state index contributed by atoms with van der Waals surface area (Å²) in [4.78, 5) is 8.02. The number of hydrogen-bond acceptors (Lipinski definition) is 6. The van der Waals surface area contributed by atoms with Gasteiger partial charge < -0.3 is 9.84 Å². The highest BCUT2D eigenvalue weighted by atomic mass is 32.2. The molecule has 1 saturated heterocycles. The molecule has 1 atom stereocenters. The summed E-state index contributed by atoms with van der Waals surface area (Å²) in [7, 11) is 2.09. The third-order valence-electron chi connectivity index (χ3n) is 3.59. The number of hydrogen-bond donors (Lipinski definition) is 1. The molecule has 1 aromatic heterocycles. The summed E-state index contributed by atoms with van der Waals surface area (Å²) < 4.78 is 5.40. The molecule has 106 valence electrons. The minimum atomic E-state index is 0.187. The van der Waals surface area contributed by atoms with E-state index in [0.717, 1.165) is 31.0 Å². The summed E-state index contributed by atoms with van der Waals surface area (Å²) in [6.45, 7) is 2.87.